The zero-order chi connectivity index (χ0) is 18.4. The monoisotopic (exact) mass is 406 g/mol. The highest BCUT2D eigenvalue weighted by atomic mass is 79.9. The summed E-state index contributed by atoms with van der Waals surface area (Å²) in [5, 5.41) is 5.23. The van der Waals surface area contributed by atoms with E-state index in [0.717, 1.165) is 5.56 Å². The number of carbonyl (C=O) groups is 2. The molecule has 0 heterocycles. The molecule has 2 amide bonds. The van der Waals surface area contributed by atoms with Gasteiger partial charge in [-0.05, 0) is 52.7 Å². The molecule has 1 unspecified atom stereocenters. The van der Waals surface area contributed by atoms with Gasteiger partial charge in [0, 0.05) is 4.47 Å². The van der Waals surface area contributed by atoms with Crippen LogP contribution in [0.1, 0.15) is 18.5 Å². The van der Waals surface area contributed by atoms with Crippen LogP contribution >= 0.6 is 15.9 Å². The summed E-state index contributed by atoms with van der Waals surface area (Å²) in [6, 6.07) is 12.0. The molecule has 6 nitrogen and oxygen atoms in total. The number of amides is 2. The Morgan fingerprint density at radius 3 is 2.32 bits per heavy atom. The van der Waals surface area contributed by atoms with Crippen LogP contribution in [0, 0.1) is 0 Å². The minimum absolute atomic E-state index is 0.378. The third-order valence-corrected chi connectivity index (χ3v) is 4.27. The van der Waals surface area contributed by atoms with Crippen LogP contribution in [0.25, 0.3) is 0 Å². The number of methoxy groups -OCH3 is 2. The van der Waals surface area contributed by atoms with Crippen molar-refractivity contribution < 1.29 is 19.1 Å². The van der Waals surface area contributed by atoms with Crippen molar-refractivity contribution >= 4 is 33.4 Å². The Kier molecular flexibility index (Phi) is 6.41. The highest BCUT2D eigenvalue weighted by Gasteiger charge is 2.19. The number of carbonyl (C=O) groups excluding carboxylic acids is 2. The fourth-order valence-corrected chi connectivity index (χ4v) is 2.59. The van der Waals surface area contributed by atoms with Crippen molar-refractivity contribution in [3.63, 3.8) is 0 Å². The second-order valence-corrected chi connectivity index (χ2v) is 6.10. The van der Waals surface area contributed by atoms with E-state index in [1.807, 2.05) is 6.07 Å². The lowest BCUT2D eigenvalue weighted by molar-refractivity contribution is -0.136. The van der Waals surface area contributed by atoms with Gasteiger partial charge in [-0.2, -0.15) is 0 Å². The van der Waals surface area contributed by atoms with Gasteiger partial charge in [-0.3, -0.25) is 9.59 Å². The summed E-state index contributed by atoms with van der Waals surface area (Å²) < 4.78 is 11.1. The maximum absolute atomic E-state index is 12.1. The van der Waals surface area contributed by atoms with E-state index in [0.29, 0.717) is 21.7 Å². The SMILES string of the molecule is COc1ccc(C(C)NC(=O)C(=O)Nc2ccccc2Br)cc1OC. The molecule has 0 saturated carbocycles. The van der Waals surface area contributed by atoms with E-state index < -0.39 is 11.8 Å². The van der Waals surface area contributed by atoms with Crippen LogP contribution in [0.4, 0.5) is 5.69 Å². The molecule has 0 saturated heterocycles. The number of nitrogens with one attached hydrogen (secondary N) is 2. The Labute approximate surface area is 154 Å². The van der Waals surface area contributed by atoms with Gasteiger partial charge in [0.05, 0.1) is 25.9 Å². The fraction of sp³-hybridized carbons (Fsp3) is 0.222. The van der Waals surface area contributed by atoms with E-state index in [-0.39, 0.29) is 6.04 Å². The molecule has 0 radical (unpaired) electrons. The average Bonchev–Trinajstić information content (AvgIpc) is 2.62. The maximum atomic E-state index is 12.1. The molecule has 2 aromatic carbocycles. The number of para-hydroxylation sites is 1. The van der Waals surface area contributed by atoms with E-state index >= 15 is 0 Å². The Hall–Kier alpha value is -2.54. The topological polar surface area (TPSA) is 76.7 Å². The molecule has 1 atom stereocenters. The van der Waals surface area contributed by atoms with Gasteiger partial charge >= 0.3 is 11.8 Å². The van der Waals surface area contributed by atoms with Crippen LogP contribution in [0.5, 0.6) is 11.5 Å². The van der Waals surface area contributed by atoms with E-state index in [2.05, 4.69) is 26.6 Å². The third kappa shape index (κ3) is 4.73. The lowest BCUT2D eigenvalue weighted by atomic mass is 10.1. The van der Waals surface area contributed by atoms with E-state index in [9.17, 15) is 9.59 Å². The van der Waals surface area contributed by atoms with Gasteiger partial charge in [0.25, 0.3) is 0 Å². The van der Waals surface area contributed by atoms with Crippen molar-refractivity contribution in [2.45, 2.75) is 13.0 Å². The summed E-state index contributed by atoms with van der Waals surface area (Å²) in [4.78, 5) is 24.2. The smallest absolute Gasteiger partial charge is 0.313 e. The Bertz CT molecular complexity index is 779. The lowest BCUT2D eigenvalue weighted by Gasteiger charge is -2.16. The number of rotatable bonds is 5. The average molecular weight is 407 g/mol. The van der Waals surface area contributed by atoms with Gasteiger partial charge in [0.2, 0.25) is 0 Å². The first-order valence-electron chi connectivity index (χ1n) is 7.54. The molecule has 2 rings (SSSR count). The number of hydrogen-bond donors (Lipinski definition) is 2. The van der Waals surface area contributed by atoms with Crippen molar-refractivity contribution in [1.29, 1.82) is 0 Å². The Morgan fingerprint density at radius 2 is 1.68 bits per heavy atom. The van der Waals surface area contributed by atoms with Gasteiger partial charge < -0.3 is 20.1 Å². The van der Waals surface area contributed by atoms with Crippen LogP contribution in [0.3, 0.4) is 0 Å². The van der Waals surface area contributed by atoms with Crippen molar-refractivity contribution in [1.82, 2.24) is 5.32 Å². The molecule has 132 valence electrons. The molecule has 0 aliphatic heterocycles. The third-order valence-electron chi connectivity index (χ3n) is 3.58. The summed E-state index contributed by atoms with van der Waals surface area (Å²) in [6.07, 6.45) is 0. The number of halogens is 1. The summed E-state index contributed by atoms with van der Waals surface area (Å²) >= 11 is 3.32. The first kappa shape index (κ1) is 18.8. The van der Waals surface area contributed by atoms with Gasteiger partial charge in [-0.1, -0.05) is 18.2 Å². The first-order chi connectivity index (χ1) is 12.0. The predicted octanol–water partition coefficient (Wildman–Crippen LogP) is 3.28. The van der Waals surface area contributed by atoms with E-state index in [1.54, 1.807) is 50.4 Å². The number of ether oxygens (including phenoxy) is 2. The van der Waals surface area contributed by atoms with Crippen LogP contribution in [0.15, 0.2) is 46.9 Å². The van der Waals surface area contributed by atoms with E-state index in [1.165, 1.54) is 7.11 Å². The molecule has 0 aromatic heterocycles. The Morgan fingerprint density at radius 1 is 1.00 bits per heavy atom. The van der Waals surface area contributed by atoms with Crippen molar-refractivity contribution in [3.8, 4) is 11.5 Å². The van der Waals surface area contributed by atoms with Crippen LogP contribution in [-0.2, 0) is 9.59 Å². The fourth-order valence-electron chi connectivity index (χ4n) is 2.21. The lowest BCUT2D eigenvalue weighted by Crippen LogP contribution is -2.37. The molecule has 0 aliphatic rings. The van der Waals surface area contributed by atoms with Crippen molar-refractivity contribution in [3.05, 3.63) is 52.5 Å². The van der Waals surface area contributed by atoms with Crippen LogP contribution in [-0.4, -0.2) is 26.0 Å². The van der Waals surface area contributed by atoms with Crippen LogP contribution < -0.4 is 20.1 Å². The molecule has 0 fully saturated rings. The molecule has 0 bridgehead atoms. The molecule has 0 spiro atoms. The zero-order valence-electron chi connectivity index (χ0n) is 14.1. The Balaban J connectivity index is 2.04. The minimum Gasteiger partial charge on any atom is -0.493 e. The normalized spacial score (nSPS) is 11.4. The second kappa shape index (κ2) is 8.53. The second-order valence-electron chi connectivity index (χ2n) is 5.24. The molecule has 25 heavy (non-hydrogen) atoms. The van der Waals surface area contributed by atoms with Gasteiger partial charge in [0.1, 0.15) is 0 Å². The number of anilines is 1. The number of hydrogen-bond acceptors (Lipinski definition) is 4. The first-order valence-corrected chi connectivity index (χ1v) is 8.34. The summed E-state index contributed by atoms with van der Waals surface area (Å²) in [5.41, 5.74) is 1.32. The number of benzene rings is 2. The standard InChI is InChI=1S/C18H19BrN2O4/c1-11(12-8-9-15(24-2)16(10-12)25-3)20-17(22)18(23)21-14-7-5-4-6-13(14)19/h4-11H,1-3H3,(H,20,22)(H,21,23). The largest absolute Gasteiger partial charge is 0.493 e. The molecule has 2 aromatic rings. The van der Waals surface area contributed by atoms with Gasteiger partial charge in [-0.25, -0.2) is 0 Å². The molecular weight excluding hydrogens is 388 g/mol. The highest BCUT2D eigenvalue weighted by Crippen LogP contribution is 2.29. The van der Waals surface area contributed by atoms with E-state index in [4.69, 9.17) is 9.47 Å². The van der Waals surface area contributed by atoms with Crippen LogP contribution in [0.2, 0.25) is 0 Å². The molecule has 0 aliphatic carbocycles. The molecule has 2 N–H and O–H groups in total. The summed E-state index contributed by atoms with van der Waals surface area (Å²) in [7, 11) is 3.09. The van der Waals surface area contributed by atoms with Crippen molar-refractivity contribution in [2.75, 3.05) is 19.5 Å². The van der Waals surface area contributed by atoms with Gasteiger partial charge in [0.15, 0.2) is 11.5 Å². The molecule has 7 heteroatoms. The zero-order valence-corrected chi connectivity index (χ0v) is 15.7. The minimum atomic E-state index is -0.737. The summed E-state index contributed by atoms with van der Waals surface area (Å²) in [6.45, 7) is 1.78. The highest BCUT2D eigenvalue weighted by molar-refractivity contribution is 9.10. The summed E-state index contributed by atoms with van der Waals surface area (Å²) in [5.74, 6) is -0.313. The molecular formula is C18H19BrN2O4. The van der Waals surface area contributed by atoms with Crippen molar-refractivity contribution in [2.24, 2.45) is 0 Å². The predicted molar refractivity (Wildman–Crippen MR) is 98.9 cm³/mol. The van der Waals surface area contributed by atoms with Gasteiger partial charge in [-0.15, -0.1) is 0 Å². The quantitative estimate of drug-likeness (QED) is 0.746. The maximum Gasteiger partial charge on any atom is 0.313 e.